The summed E-state index contributed by atoms with van der Waals surface area (Å²) >= 11 is 8.54. The van der Waals surface area contributed by atoms with Crippen molar-refractivity contribution in [3.63, 3.8) is 0 Å². The first-order valence-corrected chi connectivity index (χ1v) is 8.10. The number of fused-ring (bicyclic) bond motifs is 1. The smallest absolute Gasteiger partial charge is 0.267 e. The molecule has 120 valence electrons. The lowest BCUT2D eigenvalue weighted by Crippen LogP contribution is -2.39. The Morgan fingerprint density at radius 2 is 1.79 bits per heavy atom. The van der Waals surface area contributed by atoms with Gasteiger partial charge in [0.05, 0.1) is 17.0 Å². The molecule has 0 amide bonds. The Morgan fingerprint density at radius 1 is 1.12 bits per heavy atom. The van der Waals surface area contributed by atoms with Crippen LogP contribution in [0.5, 0.6) is 0 Å². The van der Waals surface area contributed by atoms with E-state index in [0.29, 0.717) is 10.8 Å². The fourth-order valence-corrected chi connectivity index (χ4v) is 2.70. The molecule has 3 aromatic rings. The zero-order valence-electron chi connectivity index (χ0n) is 12.2. The number of hydrazone groups is 1. The molecule has 1 heterocycles. The molecule has 3 rings (SSSR count). The molecule has 8 heteroatoms. The lowest BCUT2D eigenvalue weighted by molar-refractivity contribution is 0.813. The van der Waals surface area contributed by atoms with Crippen molar-refractivity contribution in [1.29, 1.82) is 0 Å². The van der Waals surface area contributed by atoms with Gasteiger partial charge in [-0.2, -0.15) is 9.78 Å². The maximum atomic E-state index is 12.4. The summed E-state index contributed by atoms with van der Waals surface area (Å²) < 4.78 is 1.84. The summed E-state index contributed by atoms with van der Waals surface area (Å²) in [6, 6.07) is 14.1. The third kappa shape index (κ3) is 3.19. The molecule has 24 heavy (non-hydrogen) atoms. The molecule has 0 aliphatic heterocycles. The highest BCUT2D eigenvalue weighted by atomic mass is 79.9. The first-order valence-electron chi connectivity index (χ1n) is 6.90. The van der Waals surface area contributed by atoms with E-state index in [4.69, 9.17) is 12.2 Å². The van der Waals surface area contributed by atoms with E-state index in [1.807, 2.05) is 24.3 Å². The zero-order chi connectivity index (χ0) is 17.1. The molecule has 0 bridgehead atoms. The van der Waals surface area contributed by atoms with Crippen LogP contribution in [-0.4, -0.2) is 21.1 Å². The third-order valence-electron chi connectivity index (χ3n) is 3.29. The molecule has 0 aliphatic carbocycles. The Morgan fingerprint density at radius 3 is 2.54 bits per heavy atom. The van der Waals surface area contributed by atoms with Crippen molar-refractivity contribution in [1.82, 2.24) is 15.2 Å². The normalized spacial score (nSPS) is 11.0. The van der Waals surface area contributed by atoms with E-state index in [-0.39, 0.29) is 5.11 Å². The molecule has 0 radical (unpaired) electrons. The molecule has 6 nitrogen and oxygen atoms in total. The van der Waals surface area contributed by atoms with E-state index in [1.165, 1.54) is 0 Å². The van der Waals surface area contributed by atoms with E-state index in [2.05, 4.69) is 31.6 Å². The van der Waals surface area contributed by atoms with Gasteiger partial charge >= 0.3 is 0 Å². The second-order valence-electron chi connectivity index (χ2n) is 4.82. The maximum absolute atomic E-state index is 12.4. The Labute approximate surface area is 149 Å². The number of H-pyrrole nitrogens is 1. The van der Waals surface area contributed by atoms with E-state index in [1.54, 1.807) is 30.5 Å². The van der Waals surface area contributed by atoms with Crippen LogP contribution in [0.4, 0.5) is 0 Å². The van der Waals surface area contributed by atoms with Gasteiger partial charge in [0.2, 0.25) is 5.11 Å². The summed E-state index contributed by atoms with van der Waals surface area (Å²) in [6.07, 6.45) is 1.56. The number of rotatable bonds is 2. The van der Waals surface area contributed by atoms with Crippen LogP contribution in [0.25, 0.3) is 10.8 Å². The predicted octanol–water partition coefficient (Wildman–Crippen LogP) is 2.21. The highest BCUT2D eigenvalue weighted by Gasteiger charge is 2.09. The molecule has 0 saturated heterocycles. The van der Waals surface area contributed by atoms with Crippen LogP contribution in [-0.2, 0) is 0 Å². The van der Waals surface area contributed by atoms with Crippen LogP contribution in [0.2, 0.25) is 0 Å². The number of aromatic amines is 1. The average molecular weight is 403 g/mol. The SMILES string of the molecule is O=c1[nH]n(C(=S)N/N=C/c2ccccc2Br)c(=O)c2ccccc12. The van der Waals surface area contributed by atoms with Crippen LogP contribution in [0.3, 0.4) is 0 Å². The lowest BCUT2D eigenvalue weighted by atomic mass is 10.2. The fraction of sp³-hybridized carbons (Fsp3) is 0. The minimum atomic E-state index is -0.418. The van der Waals surface area contributed by atoms with Crippen LogP contribution in [0.1, 0.15) is 5.56 Å². The van der Waals surface area contributed by atoms with Gasteiger partial charge in [0, 0.05) is 10.0 Å². The number of nitrogens with zero attached hydrogens (tertiary/aromatic N) is 2. The average Bonchev–Trinajstić information content (AvgIpc) is 2.59. The minimum absolute atomic E-state index is 0.0221. The van der Waals surface area contributed by atoms with Gasteiger partial charge in [-0.3, -0.25) is 20.1 Å². The molecular weight excluding hydrogens is 392 g/mol. The Kier molecular flexibility index (Phi) is 4.68. The number of hydrogen-bond acceptors (Lipinski definition) is 4. The molecule has 2 N–H and O–H groups in total. The Hall–Kier alpha value is -2.58. The van der Waals surface area contributed by atoms with Gasteiger partial charge in [0.25, 0.3) is 11.1 Å². The second kappa shape index (κ2) is 6.90. The molecule has 0 saturated carbocycles. The van der Waals surface area contributed by atoms with E-state index in [0.717, 1.165) is 14.7 Å². The van der Waals surface area contributed by atoms with Crippen LogP contribution < -0.4 is 16.5 Å². The van der Waals surface area contributed by atoms with Crippen molar-refractivity contribution in [3.8, 4) is 0 Å². The van der Waals surface area contributed by atoms with Gasteiger partial charge < -0.3 is 0 Å². The highest BCUT2D eigenvalue weighted by molar-refractivity contribution is 9.10. The van der Waals surface area contributed by atoms with Gasteiger partial charge in [-0.1, -0.05) is 46.3 Å². The van der Waals surface area contributed by atoms with Crippen LogP contribution in [0.15, 0.2) is 67.7 Å². The second-order valence-corrected chi connectivity index (χ2v) is 6.06. The lowest BCUT2D eigenvalue weighted by Gasteiger charge is -2.07. The van der Waals surface area contributed by atoms with Crippen molar-refractivity contribution in [2.24, 2.45) is 5.10 Å². The summed E-state index contributed by atoms with van der Waals surface area (Å²) in [6.45, 7) is 0. The Balaban J connectivity index is 1.90. The number of hydrogen-bond donors (Lipinski definition) is 2. The topological polar surface area (TPSA) is 79.2 Å². The number of halogens is 1. The number of benzene rings is 2. The molecule has 0 spiro atoms. The van der Waals surface area contributed by atoms with Gasteiger partial charge in [-0.05, 0) is 30.4 Å². The van der Waals surface area contributed by atoms with Crippen molar-refractivity contribution in [3.05, 3.63) is 79.3 Å². The van der Waals surface area contributed by atoms with E-state index >= 15 is 0 Å². The predicted molar refractivity (Wildman–Crippen MR) is 102 cm³/mol. The first-order chi connectivity index (χ1) is 11.6. The van der Waals surface area contributed by atoms with Crippen LogP contribution in [0, 0.1) is 0 Å². The molecule has 0 aliphatic rings. The van der Waals surface area contributed by atoms with E-state index < -0.39 is 11.1 Å². The zero-order valence-corrected chi connectivity index (χ0v) is 14.6. The fourth-order valence-electron chi connectivity index (χ4n) is 2.13. The molecule has 1 aromatic heterocycles. The van der Waals surface area contributed by atoms with Crippen molar-refractivity contribution in [2.45, 2.75) is 0 Å². The number of aromatic nitrogens is 2. The van der Waals surface area contributed by atoms with Crippen LogP contribution >= 0.6 is 28.1 Å². The van der Waals surface area contributed by atoms with Gasteiger partial charge in [-0.15, -0.1) is 0 Å². The number of thiocarbonyl (C=S) groups is 1. The summed E-state index contributed by atoms with van der Waals surface area (Å²) in [5.41, 5.74) is 2.60. The third-order valence-corrected chi connectivity index (χ3v) is 4.29. The molecule has 0 atom stereocenters. The summed E-state index contributed by atoms with van der Waals surface area (Å²) in [7, 11) is 0. The molecule has 0 unspecified atom stereocenters. The molecule has 2 aromatic carbocycles. The van der Waals surface area contributed by atoms with Gasteiger partial charge in [0.1, 0.15) is 0 Å². The van der Waals surface area contributed by atoms with E-state index in [9.17, 15) is 9.59 Å². The van der Waals surface area contributed by atoms with Crippen molar-refractivity contribution in [2.75, 3.05) is 0 Å². The largest absolute Gasteiger partial charge is 0.279 e. The molecule has 0 fully saturated rings. The number of nitrogens with one attached hydrogen (secondary N) is 2. The maximum Gasteiger partial charge on any atom is 0.279 e. The summed E-state index contributed by atoms with van der Waals surface area (Å²) in [4.78, 5) is 24.5. The summed E-state index contributed by atoms with van der Waals surface area (Å²) in [5, 5.41) is 7.03. The monoisotopic (exact) mass is 402 g/mol. The van der Waals surface area contributed by atoms with Gasteiger partial charge in [-0.25, -0.2) is 0 Å². The quantitative estimate of drug-likeness (QED) is 0.391. The Bertz CT molecular complexity index is 1070. The first kappa shape index (κ1) is 16.3. The molecular formula is C16H11BrN4O2S. The highest BCUT2D eigenvalue weighted by Crippen LogP contribution is 2.13. The standard InChI is InChI=1S/C16H11BrN4O2S/c17-13-8-4-1-5-10(13)9-18-19-16(24)21-15(23)12-7-3-2-6-11(12)14(22)20-21/h1-9H,(H,19,24)(H,20,22)/b18-9+. The van der Waals surface area contributed by atoms with Gasteiger partial charge in [0.15, 0.2) is 0 Å². The van der Waals surface area contributed by atoms with Crippen molar-refractivity contribution >= 4 is 50.2 Å². The summed E-state index contributed by atoms with van der Waals surface area (Å²) in [5.74, 6) is 0. The minimum Gasteiger partial charge on any atom is -0.267 e. The van der Waals surface area contributed by atoms with Crippen molar-refractivity contribution < 1.29 is 0 Å².